The van der Waals surface area contributed by atoms with Crippen LogP contribution in [0.5, 0.6) is 11.5 Å². The maximum absolute atomic E-state index is 11.7. The van der Waals surface area contributed by atoms with Gasteiger partial charge in [0.25, 0.3) is 5.91 Å². The molecule has 0 unspecified atom stereocenters. The Morgan fingerprint density at radius 2 is 2.04 bits per heavy atom. The molecule has 0 aliphatic heterocycles. The monoisotopic (exact) mass is 471 g/mol. The zero-order valence-electron chi connectivity index (χ0n) is 12.5. The van der Waals surface area contributed by atoms with Gasteiger partial charge in [-0.25, -0.2) is 5.43 Å². The zero-order valence-corrected chi connectivity index (χ0v) is 15.7. The Morgan fingerprint density at radius 1 is 1.32 bits per heavy atom. The van der Waals surface area contributed by atoms with Crippen molar-refractivity contribution in [3.63, 3.8) is 0 Å². The number of para-hydroxylation sites is 2. The molecule has 0 saturated heterocycles. The molecule has 2 aromatic rings. The second kappa shape index (κ2) is 8.58. The van der Waals surface area contributed by atoms with Gasteiger partial charge in [0, 0.05) is 16.1 Å². The molecule has 25 heavy (non-hydrogen) atoms. The first-order valence-corrected chi connectivity index (χ1v) is 8.33. The number of phenols is 1. The highest BCUT2D eigenvalue weighted by Gasteiger charge is 2.14. The van der Waals surface area contributed by atoms with Crippen molar-refractivity contribution in [1.29, 1.82) is 0 Å². The van der Waals surface area contributed by atoms with E-state index in [9.17, 15) is 20.0 Å². The van der Waals surface area contributed by atoms with E-state index in [0.29, 0.717) is 14.5 Å². The van der Waals surface area contributed by atoms with Gasteiger partial charge in [-0.3, -0.25) is 14.9 Å². The molecular formula is C15H11Br2N3O5. The summed E-state index contributed by atoms with van der Waals surface area (Å²) in [5.41, 5.74) is 2.55. The Labute approximate surface area is 158 Å². The van der Waals surface area contributed by atoms with Crippen LogP contribution in [0.2, 0.25) is 0 Å². The summed E-state index contributed by atoms with van der Waals surface area (Å²) in [5, 5.41) is 24.2. The maximum Gasteiger partial charge on any atom is 0.310 e. The normalized spacial score (nSPS) is 10.6. The molecule has 0 aliphatic carbocycles. The molecule has 0 spiro atoms. The number of nitro benzene ring substituents is 1. The molecule has 1 amide bonds. The average molecular weight is 473 g/mol. The van der Waals surface area contributed by atoms with Crippen molar-refractivity contribution >= 4 is 49.7 Å². The highest BCUT2D eigenvalue weighted by Crippen LogP contribution is 2.29. The van der Waals surface area contributed by atoms with Crippen LogP contribution in [0.15, 0.2) is 50.4 Å². The average Bonchev–Trinajstić information content (AvgIpc) is 2.57. The number of ether oxygens (including phenoxy) is 1. The zero-order chi connectivity index (χ0) is 18.4. The van der Waals surface area contributed by atoms with Gasteiger partial charge in [0.2, 0.25) is 0 Å². The van der Waals surface area contributed by atoms with E-state index in [2.05, 4.69) is 42.4 Å². The second-order valence-corrected chi connectivity index (χ2v) is 6.34. The third kappa shape index (κ3) is 5.26. The van der Waals surface area contributed by atoms with Gasteiger partial charge in [-0.2, -0.15) is 5.10 Å². The molecule has 2 N–H and O–H groups in total. The summed E-state index contributed by atoms with van der Waals surface area (Å²) in [6.07, 6.45) is 1.33. The number of rotatable bonds is 6. The fraction of sp³-hybridized carbons (Fsp3) is 0.0667. The molecule has 0 aliphatic rings. The number of hydrogen-bond acceptors (Lipinski definition) is 6. The minimum absolute atomic E-state index is 0.00722. The molecule has 130 valence electrons. The lowest BCUT2D eigenvalue weighted by molar-refractivity contribution is -0.385. The summed E-state index contributed by atoms with van der Waals surface area (Å²) in [4.78, 5) is 22.0. The van der Waals surface area contributed by atoms with Gasteiger partial charge in [0.15, 0.2) is 12.4 Å². The molecule has 0 atom stereocenters. The molecule has 0 heterocycles. The van der Waals surface area contributed by atoms with E-state index in [-0.39, 0.29) is 17.2 Å². The second-order valence-electron chi connectivity index (χ2n) is 4.63. The Kier molecular flexibility index (Phi) is 6.48. The van der Waals surface area contributed by atoms with Gasteiger partial charge in [-0.15, -0.1) is 0 Å². The van der Waals surface area contributed by atoms with Crippen LogP contribution in [-0.4, -0.2) is 28.8 Å². The lowest BCUT2D eigenvalue weighted by atomic mass is 10.2. The number of hydrogen-bond donors (Lipinski definition) is 2. The van der Waals surface area contributed by atoms with E-state index >= 15 is 0 Å². The minimum atomic E-state index is -0.594. The Morgan fingerprint density at radius 3 is 2.76 bits per heavy atom. The molecule has 10 heteroatoms. The van der Waals surface area contributed by atoms with Gasteiger partial charge >= 0.3 is 5.69 Å². The molecule has 8 nitrogen and oxygen atoms in total. The number of halogens is 2. The van der Waals surface area contributed by atoms with Crippen molar-refractivity contribution in [3.05, 3.63) is 61.0 Å². The van der Waals surface area contributed by atoms with Gasteiger partial charge < -0.3 is 9.84 Å². The predicted octanol–water partition coefficient (Wildman–Crippen LogP) is 3.35. The number of amides is 1. The van der Waals surface area contributed by atoms with Crippen LogP contribution in [0.1, 0.15) is 5.56 Å². The SMILES string of the molecule is O=C(COc1ccccc1[N+](=O)[O-])NN=Cc1cc(O)c(Br)cc1Br. The summed E-state index contributed by atoms with van der Waals surface area (Å²) < 4.78 is 6.31. The minimum Gasteiger partial charge on any atom is -0.507 e. The number of aromatic hydroxyl groups is 1. The summed E-state index contributed by atoms with van der Waals surface area (Å²) >= 11 is 6.47. The summed E-state index contributed by atoms with van der Waals surface area (Å²) in [6, 6.07) is 8.83. The highest BCUT2D eigenvalue weighted by atomic mass is 79.9. The first-order chi connectivity index (χ1) is 11.9. The molecule has 0 radical (unpaired) electrons. The number of nitrogens with one attached hydrogen (secondary N) is 1. The van der Waals surface area contributed by atoms with Gasteiger partial charge in [-0.1, -0.05) is 28.1 Å². The Hall–Kier alpha value is -2.46. The standard InChI is InChI=1S/C15H11Br2N3O5/c16-10-6-11(17)13(21)5-9(10)7-18-19-15(22)8-25-14-4-2-1-3-12(14)20(23)24/h1-7,21H,8H2,(H,19,22). The Balaban J connectivity index is 1.93. The molecule has 0 aromatic heterocycles. The molecular weight excluding hydrogens is 462 g/mol. The third-order valence-corrected chi connectivity index (χ3v) is 4.20. The van der Waals surface area contributed by atoms with Gasteiger partial charge in [0.1, 0.15) is 5.75 Å². The van der Waals surface area contributed by atoms with Crippen molar-refractivity contribution in [2.45, 2.75) is 0 Å². The first kappa shape index (κ1) is 18.9. The van der Waals surface area contributed by atoms with Crippen LogP contribution in [0.25, 0.3) is 0 Å². The fourth-order valence-corrected chi connectivity index (χ4v) is 2.83. The van der Waals surface area contributed by atoms with Crippen molar-refractivity contribution in [2.24, 2.45) is 5.10 Å². The predicted molar refractivity (Wildman–Crippen MR) is 97.8 cm³/mol. The smallest absolute Gasteiger partial charge is 0.310 e. The molecule has 2 aromatic carbocycles. The molecule has 0 bridgehead atoms. The van der Waals surface area contributed by atoms with Crippen LogP contribution in [0, 0.1) is 10.1 Å². The molecule has 2 rings (SSSR count). The van der Waals surface area contributed by atoms with Crippen molar-refractivity contribution in [3.8, 4) is 11.5 Å². The third-order valence-electron chi connectivity index (χ3n) is 2.88. The van der Waals surface area contributed by atoms with Crippen molar-refractivity contribution < 1.29 is 19.6 Å². The van der Waals surface area contributed by atoms with E-state index < -0.39 is 17.4 Å². The van der Waals surface area contributed by atoms with Crippen molar-refractivity contribution in [2.75, 3.05) is 6.61 Å². The van der Waals surface area contributed by atoms with Crippen LogP contribution >= 0.6 is 31.9 Å². The fourth-order valence-electron chi connectivity index (χ4n) is 1.73. The maximum atomic E-state index is 11.7. The summed E-state index contributed by atoms with van der Waals surface area (Å²) in [5.74, 6) is -0.574. The van der Waals surface area contributed by atoms with Gasteiger partial charge in [0.05, 0.1) is 15.6 Å². The van der Waals surface area contributed by atoms with Crippen LogP contribution < -0.4 is 10.2 Å². The number of nitro groups is 1. The van der Waals surface area contributed by atoms with E-state index in [0.717, 1.165) is 0 Å². The largest absolute Gasteiger partial charge is 0.507 e. The lowest BCUT2D eigenvalue weighted by Gasteiger charge is -2.05. The Bertz CT molecular complexity index is 842. The topological polar surface area (TPSA) is 114 Å². The number of carbonyl (C=O) groups is 1. The number of carbonyl (C=O) groups excluding carboxylic acids is 1. The van der Waals surface area contributed by atoms with Crippen LogP contribution in [0.4, 0.5) is 5.69 Å². The lowest BCUT2D eigenvalue weighted by Crippen LogP contribution is -2.24. The number of nitrogens with zero attached hydrogens (tertiary/aromatic N) is 2. The number of hydrazone groups is 1. The molecule has 0 fully saturated rings. The van der Waals surface area contributed by atoms with Crippen molar-refractivity contribution in [1.82, 2.24) is 5.43 Å². The van der Waals surface area contributed by atoms with E-state index in [1.165, 1.54) is 30.5 Å². The summed E-state index contributed by atoms with van der Waals surface area (Å²) in [7, 11) is 0. The highest BCUT2D eigenvalue weighted by molar-refractivity contribution is 9.11. The van der Waals surface area contributed by atoms with E-state index in [1.807, 2.05) is 0 Å². The number of benzene rings is 2. The van der Waals surface area contributed by atoms with Crippen LogP contribution in [-0.2, 0) is 4.79 Å². The molecule has 0 saturated carbocycles. The van der Waals surface area contributed by atoms with Crippen LogP contribution in [0.3, 0.4) is 0 Å². The number of phenolic OH excluding ortho intramolecular Hbond substituents is 1. The quantitative estimate of drug-likeness (QED) is 0.380. The van der Waals surface area contributed by atoms with E-state index in [1.54, 1.807) is 12.1 Å². The van der Waals surface area contributed by atoms with Gasteiger partial charge in [-0.05, 0) is 34.1 Å². The summed E-state index contributed by atoms with van der Waals surface area (Å²) in [6.45, 7) is -0.436. The van der Waals surface area contributed by atoms with E-state index in [4.69, 9.17) is 4.74 Å². The first-order valence-electron chi connectivity index (χ1n) is 6.74.